The van der Waals surface area contributed by atoms with E-state index >= 15 is 0 Å². The molecule has 0 radical (unpaired) electrons. The molecule has 110 valence electrons. The van der Waals surface area contributed by atoms with Crippen molar-refractivity contribution in [2.75, 3.05) is 0 Å². The van der Waals surface area contributed by atoms with E-state index < -0.39 is 0 Å². The fraction of sp³-hybridized carbons (Fsp3) is 0.0714. The van der Waals surface area contributed by atoms with E-state index in [0.717, 1.165) is 5.56 Å². The van der Waals surface area contributed by atoms with Crippen molar-refractivity contribution in [2.45, 2.75) is 6.61 Å². The third kappa shape index (κ3) is 4.17. The average molecular weight is 346 g/mol. The fourth-order valence-electron chi connectivity index (χ4n) is 1.65. The van der Waals surface area contributed by atoms with Gasteiger partial charge in [-0.1, -0.05) is 52.1 Å². The maximum atomic E-state index is 8.62. The lowest BCUT2D eigenvalue weighted by atomic mass is 10.1. The standard InChI is InChI=1S/C14H11Cl3N2O2/c15-10-4-11(16)6-12(5-10)21-7-9-2-1-8(3-13(9)17)14(18)19-20/h1-6,20H,7H2,(H2,18,19). The lowest BCUT2D eigenvalue weighted by Crippen LogP contribution is -2.13. The monoisotopic (exact) mass is 344 g/mol. The van der Waals surface area contributed by atoms with E-state index in [4.69, 9.17) is 50.5 Å². The Morgan fingerprint density at radius 3 is 2.33 bits per heavy atom. The topological polar surface area (TPSA) is 67.8 Å². The van der Waals surface area contributed by atoms with Crippen molar-refractivity contribution in [2.24, 2.45) is 10.9 Å². The van der Waals surface area contributed by atoms with Crippen LogP contribution in [0.4, 0.5) is 0 Å². The first kappa shape index (κ1) is 15.8. The molecule has 0 amide bonds. The van der Waals surface area contributed by atoms with E-state index in [1.165, 1.54) is 0 Å². The number of benzene rings is 2. The summed E-state index contributed by atoms with van der Waals surface area (Å²) in [6, 6.07) is 9.96. The number of amidine groups is 1. The Balaban J connectivity index is 2.13. The minimum Gasteiger partial charge on any atom is -0.489 e. The van der Waals surface area contributed by atoms with Crippen LogP contribution in [-0.2, 0) is 6.61 Å². The van der Waals surface area contributed by atoms with Crippen LogP contribution in [0.25, 0.3) is 0 Å². The smallest absolute Gasteiger partial charge is 0.170 e. The van der Waals surface area contributed by atoms with E-state index in [0.29, 0.717) is 26.4 Å². The minimum atomic E-state index is -0.00834. The van der Waals surface area contributed by atoms with Crippen LogP contribution in [0, 0.1) is 0 Å². The summed E-state index contributed by atoms with van der Waals surface area (Å²) >= 11 is 17.9. The van der Waals surface area contributed by atoms with Gasteiger partial charge in [0.1, 0.15) is 12.4 Å². The number of nitrogens with zero attached hydrogens (tertiary/aromatic N) is 1. The molecule has 0 atom stereocenters. The molecule has 0 saturated carbocycles. The normalized spacial score (nSPS) is 11.5. The van der Waals surface area contributed by atoms with Crippen LogP contribution in [0.1, 0.15) is 11.1 Å². The van der Waals surface area contributed by atoms with Crippen LogP contribution in [-0.4, -0.2) is 11.0 Å². The Labute approximate surface area is 136 Å². The number of halogens is 3. The molecule has 0 aliphatic rings. The van der Waals surface area contributed by atoms with E-state index in [-0.39, 0.29) is 12.4 Å². The Morgan fingerprint density at radius 1 is 1.10 bits per heavy atom. The molecular formula is C14H11Cl3N2O2. The van der Waals surface area contributed by atoms with Gasteiger partial charge in [-0.3, -0.25) is 0 Å². The second-order valence-electron chi connectivity index (χ2n) is 4.19. The lowest BCUT2D eigenvalue weighted by Gasteiger charge is -2.09. The van der Waals surface area contributed by atoms with Gasteiger partial charge in [-0.05, 0) is 24.3 Å². The van der Waals surface area contributed by atoms with Gasteiger partial charge in [-0.2, -0.15) is 0 Å². The predicted octanol–water partition coefficient (Wildman–Crippen LogP) is 4.32. The highest BCUT2D eigenvalue weighted by molar-refractivity contribution is 6.34. The van der Waals surface area contributed by atoms with Gasteiger partial charge in [0, 0.05) is 26.2 Å². The molecule has 0 spiro atoms. The van der Waals surface area contributed by atoms with Crippen LogP contribution in [0.5, 0.6) is 5.75 Å². The van der Waals surface area contributed by atoms with E-state index in [2.05, 4.69) is 5.16 Å². The van der Waals surface area contributed by atoms with Crippen LogP contribution in [0.15, 0.2) is 41.6 Å². The molecule has 0 aromatic heterocycles. The third-order valence-electron chi connectivity index (χ3n) is 2.69. The first-order valence-electron chi connectivity index (χ1n) is 5.85. The van der Waals surface area contributed by atoms with Gasteiger partial charge in [0.15, 0.2) is 5.84 Å². The second kappa shape index (κ2) is 6.89. The van der Waals surface area contributed by atoms with Crippen molar-refractivity contribution >= 4 is 40.6 Å². The van der Waals surface area contributed by atoms with Crippen molar-refractivity contribution < 1.29 is 9.94 Å². The van der Waals surface area contributed by atoms with Gasteiger partial charge in [-0.25, -0.2) is 0 Å². The molecule has 21 heavy (non-hydrogen) atoms. The number of ether oxygens (including phenoxy) is 1. The number of rotatable bonds is 4. The van der Waals surface area contributed by atoms with Gasteiger partial charge in [0.05, 0.1) is 0 Å². The number of nitrogens with two attached hydrogens (primary N) is 1. The van der Waals surface area contributed by atoms with Gasteiger partial charge in [-0.15, -0.1) is 0 Å². The van der Waals surface area contributed by atoms with Gasteiger partial charge in [0.25, 0.3) is 0 Å². The van der Waals surface area contributed by atoms with E-state index in [1.54, 1.807) is 36.4 Å². The van der Waals surface area contributed by atoms with Crippen molar-refractivity contribution in [3.05, 3.63) is 62.6 Å². The van der Waals surface area contributed by atoms with Crippen LogP contribution in [0.2, 0.25) is 15.1 Å². The highest BCUT2D eigenvalue weighted by atomic mass is 35.5. The molecule has 2 aromatic rings. The molecule has 2 aromatic carbocycles. The molecule has 0 saturated heterocycles. The zero-order chi connectivity index (χ0) is 15.4. The van der Waals surface area contributed by atoms with Crippen LogP contribution >= 0.6 is 34.8 Å². The molecule has 7 heteroatoms. The first-order chi connectivity index (χ1) is 9.99. The van der Waals surface area contributed by atoms with Gasteiger partial charge in [0.2, 0.25) is 0 Å². The Kier molecular flexibility index (Phi) is 5.17. The summed E-state index contributed by atoms with van der Waals surface area (Å²) in [5.41, 5.74) is 6.77. The van der Waals surface area contributed by atoms with Crippen LogP contribution in [0.3, 0.4) is 0 Å². The van der Waals surface area contributed by atoms with Gasteiger partial charge >= 0.3 is 0 Å². The largest absolute Gasteiger partial charge is 0.489 e. The van der Waals surface area contributed by atoms with Gasteiger partial charge < -0.3 is 15.7 Å². The molecule has 0 heterocycles. The quantitative estimate of drug-likeness (QED) is 0.375. The summed E-state index contributed by atoms with van der Waals surface area (Å²) in [5, 5.41) is 13.0. The summed E-state index contributed by atoms with van der Waals surface area (Å²) in [6.07, 6.45) is 0. The third-order valence-corrected chi connectivity index (χ3v) is 3.48. The number of hydrogen-bond donors (Lipinski definition) is 2. The second-order valence-corrected chi connectivity index (χ2v) is 5.47. The average Bonchev–Trinajstić information content (AvgIpc) is 2.44. The fourth-order valence-corrected chi connectivity index (χ4v) is 2.40. The molecule has 4 nitrogen and oxygen atoms in total. The maximum Gasteiger partial charge on any atom is 0.170 e. The SMILES string of the molecule is N/C(=N/O)c1ccc(COc2cc(Cl)cc(Cl)c2)c(Cl)c1. The predicted molar refractivity (Wildman–Crippen MR) is 84.8 cm³/mol. The number of oxime groups is 1. The highest BCUT2D eigenvalue weighted by Gasteiger charge is 2.07. The molecular weight excluding hydrogens is 335 g/mol. The molecule has 3 N–H and O–H groups in total. The lowest BCUT2D eigenvalue weighted by molar-refractivity contribution is 0.306. The zero-order valence-corrected chi connectivity index (χ0v) is 13.0. The first-order valence-corrected chi connectivity index (χ1v) is 6.98. The molecule has 0 aliphatic heterocycles. The molecule has 0 bridgehead atoms. The molecule has 0 fully saturated rings. The Morgan fingerprint density at radius 2 is 1.76 bits per heavy atom. The van der Waals surface area contributed by atoms with Crippen LogP contribution < -0.4 is 10.5 Å². The van der Waals surface area contributed by atoms with Crippen molar-refractivity contribution in [1.29, 1.82) is 0 Å². The zero-order valence-electron chi connectivity index (χ0n) is 10.7. The van der Waals surface area contributed by atoms with E-state index in [9.17, 15) is 0 Å². The maximum absolute atomic E-state index is 8.62. The summed E-state index contributed by atoms with van der Waals surface area (Å²) in [4.78, 5) is 0. The molecule has 2 rings (SSSR count). The number of hydrogen-bond acceptors (Lipinski definition) is 3. The highest BCUT2D eigenvalue weighted by Crippen LogP contribution is 2.26. The van der Waals surface area contributed by atoms with Crippen molar-refractivity contribution in [1.82, 2.24) is 0 Å². The van der Waals surface area contributed by atoms with E-state index in [1.807, 2.05) is 0 Å². The van der Waals surface area contributed by atoms with Crippen molar-refractivity contribution in [3.8, 4) is 5.75 Å². The molecule has 0 unspecified atom stereocenters. The minimum absolute atomic E-state index is 0.00834. The Hall–Kier alpha value is -1.62. The summed E-state index contributed by atoms with van der Waals surface area (Å²) in [5.74, 6) is 0.537. The summed E-state index contributed by atoms with van der Waals surface area (Å²) in [7, 11) is 0. The molecule has 0 aliphatic carbocycles. The summed E-state index contributed by atoms with van der Waals surface area (Å²) < 4.78 is 5.60. The Bertz CT molecular complexity index is 670. The van der Waals surface area contributed by atoms with Crippen molar-refractivity contribution in [3.63, 3.8) is 0 Å². The summed E-state index contributed by atoms with van der Waals surface area (Å²) in [6.45, 7) is 0.242.